The molecule has 0 saturated carbocycles. The van der Waals surface area contributed by atoms with Crippen LogP contribution in [0.1, 0.15) is 52.5 Å². The van der Waals surface area contributed by atoms with E-state index < -0.39 is 11.7 Å². The smallest absolute Gasteiger partial charge is 0.405 e. The predicted octanol–water partition coefficient (Wildman–Crippen LogP) is 4.54. The van der Waals surface area contributed by atoms with Crippen molar-refractivity contribution < 1.29 is 14.3 Å². The van der Waals surface area contributed by atoms with E-state index in [1.165, 1.54) is 19.3 Å². The molecule has 0 spiro atoms. The second kappa shape index (κ2) is 10.9. The van der Waals surface area contributed by atoms with Gasteiger partial charge in [-0.1, -0.05) is 0 Å². The fraction of sp³-hybridized carbons (Fsp3) is 0.440. The van der Waals surface area contributed by atoms with E-state index in [1.54, 1.807) is 37.7 Å². The van der Waals surface area contributed by atoms with Crippen LogP contribution in [0.5, 0.6) is 5.75 Å². The lowest BCUT2D eigenvalue weighted by Crippen LogP contribution is -2.29. The van der Waals surface area contributed by atoms with E-state index >= 15 is 0 Å². The first-order chi connectivity index (χ1) is 16.2. The molecule has 2 N–H and O–H groups in total. The lowest BCUT2D eigenvalue weighted by atomic mass is 10.0. The monoisotopic (exact) mass is 464 g/mol. The van der Waals surface area contributed by atoms with Gasteiger partial charge in [0, 0.05) is 30.4 Å². The van der Waals surface area contributed by atoms with Gasteiger partial charge in [-0.05, 0) is 65.2 Å². The van der Waals surface area contributed by atoms with Gasteiger partial charge in [0.1, 0.15) is 23.2 Å². The molecule has 9 heteroatoms. The van der Waals surface area contributed by atoms with E-state index in [0.717, 1.165) is 41.3 Å². The van der Waals surface area contributed by atoms with Crippen LogP contribution in [0.2, 0.25) is 0 Å². The van der Waals surface area contributed by atoms with E-state index in [4.69, 9.17) is 10.5 Å². The highest BCUT2D eigenvalue weighted by Crippen LogP contribution is 2.31. The molecule has 0 aliphatic carbocycles. The Balaban J connectivity index is 0.000000350. The first-order valence-corrected chi connectivity index (χ1v) is 11.5. The molecule has 4 rings (SSSR count). The number of carbonyl (C=O) groups is 1. The van der Waals surface area contributed by atoms with Gasteiger partial charge in [-0.3, -0.25) is 0 Å². The summed E-state index contributed by atoms with van der Waals surface area (Å²) in [6.07, 6.45) is 8.29. The van der Waals surface area contributed by atoms with E-state index in [1.807, 2.05) is 19.2 Å². The van der Waals surface area contributed by atoms with Gasteiger partial charge in [0.05, 0.1) is 30.1 Å². The molecule has 0 aromatic carbocycles. The fourth-order valence-corrected chi connectivity index (χ4v) is 3.80. The second-order valence-electron chi connectivity index (χ2n) is 8.97. The molecule has 34 heavy (non-hydrogen) atoms. The Morgan fingerprint density at radius 3 is 2.47 bits per heavy atom. The number of primary amides is 1. The summed E-state index contributed by atoms with van der Waals surface area (Å²) in [6.45, 7) is 9.94. The van der Waals surface area contributed by atoms with Gasteiger partial charge in [0.25, 0.3) is 0 Å². The molecular formula is C25H32N6O3. The summed E-state index contributed by atoms with van der Waals surface area (Å²) in [4.78, 5) is 17.0. The van der Waals surface area contributed by atoms with Crippen molar-refractivity contribution in [2.24, 2.45) is 5.73 Å². The average Bonchev–Trinajstić information content (AvgIpc) is 3.21. The van der Waals surface area contributed by atoms with Crippen LogP contribution >= 0.6 is 0 Å². The maximum absolute atomic E-state index is 10.0. The number of nitrogens with zero attached hydrogens (tertiary/aromatic N) is 5. The van der Waals surface area contributed by atoms with Crippen molar-refractivity contribution in [1.82, 2.24) is 14.6 Å². The molecule has 1 fully saturated rings. The Morgan fingerprint density at radius 2 is 1.94 bits per heavy atom. The van der Waals surface area contributed by atoms with Crippen molar-refractivity contribution >= 4 is 17.4 Å². The Hall–Kier alpha value is -3.80. The van der Waals surface area contributed by atoms with Crippen LogP contribution in [-0.2, 0) is 4.74 Å². The van der Waals surface area contributed by atoms with Gasteiger partial charge in [0.15, 0.2) is 0 Å². The Kier molecular flexibility index (Phi) is 7.95. The first kappa shape index (κ1) is 24.8. The number of pyridine rings is 2. The number of fused-ring (bicyclic) bond motifs is 1. The zero-order valence-corrected chi connectivity index (χ0v) is 20.2. The number of nitrogens with two attached hydrogens (primary N) is 1. The minimum Gasteiger partial charge on any atom is -0.492 e. The standard InChI is InChI=1S/C20H21N5O.C5H11NO2/c1-2-26-17-10-18(20-16(11-21)13-23-25(20)14-17)15-6-7-19(22-12-15)24-8-4-3-5-9-24;1-5(2,3)8-4(6)7/h6-7,10,12-14H,2-5,8-9H2,1H3;1-3H3,(H2,6,7). The van der Waals surface area contributed by atoms with Gasteiger partial charge < -0.3 is 20.1 Å². The normalized spacial score (nSPS) is 13.6. The predicted molar refractivity (Wildman–Crippen MR) is 131 cm³/mol. The summed E-state index contributed by atoms with van der Waals surface area (Å²) >= 11 is 0. The minimum absolute atomic E-state index is 0.453. The molecule has 180 valence electrons. The van der Waals surface area contributed by atoms with Crippen LogP contribution in [0.3, 0.4) is 0 Å². The summed E-state index contributed by atoms with van der Waals surface area (Å²) in [6, 6.07) is 8.31. The number of anilines is 1. The number of hydrogen-bond acceptors (Lipinski definition) is 7. The lowest BCUT2D eigenvalue weighted by Gasteiger charge is -2.27. The average molecular weight is 465 g/mol. The van der Waals surface area contributed by atoms with Crippen LogP contribution in [0, 0.1) is 11.3 Å². The summed E-state index contributed by atoms with van der Waals surface area (Å²) in [5, 5.41) is 13.7. The Labute approximate surface area is 200 Å². The van der Waals surface area contributed by atoms with Gasteiger partial charge in [-0.25, -0.2) is 14.3 Å². The van der Waals surface area contributed by atoms with Crippen LogP contribution in [0.15, 0.2) is 36.8 Å². The van der Waals surface area contributed by atoms with Gasteiger partial charge in [-0.15, -0.1) is 0 Å². The molecule has 1 saturated heterocycles. The quantitative estimate of drug-likeness (QED) is 0.602. The third-order valence-electron chi connectivity index (χ3n) is 5.16. The number of carbonyl (C=O) groups excluding carboxylic acids is 1. The number of piperidine rings is 1. The van der Waals surface area contributed by atoms with Gasteiger partial charge in [-0.2, -0.15) is 10.4 Å². The number of amides is 1. The van der Waals surface area contributed by atoms with Crippen LogP contribution in [-0.4, -0.2) is 46.0 Å². The molecule has 1 aliphatic rings. The fourth-order valence-electron chi connectivity index (χ4n) is 3.80. The molecule has 4 heterocycles. The molecule has 3 aromatic heterocycles. The highest BCUT2D eigenvalue weighted by molar-refractivity contribution is 5.85. The largest absolute Gasteiger partial charge is 0.492 e. The van der Waals surface area contributed by atoms with Crippen LogP contribution < -0.4 is 15.4 Å². The number of rotatable bonds is 4. The summed E-state index contributed by atoms with van der Waals surface area (Å²) < 4.78 is 11.9. The van der Waals surface area contributed by atoms with Crippen molar-refractivity contribution in [2.75, 3.05) is 24.6 Å². The van der Waals surface area contributed by atoms with Crippen molar-refractivity contribution in [1.29, 1.82) is 5.26 Å². The van der Waals surface area contributed by atoms with Crippen molar-refractivity contribution in [2.45, 2.75) is 52.6 Å². The van der Waals surface area contributed by atoms with Crippen molar-refractivity contribution in [3.63, 3.8) is 0 Å². The highest BCUT2D eigenvalue weighted by atomic mass is 16.6. The molecule has 1 aliphatic heterocycles. The maximum Gasteiger partial charge on any atom is 0.405 e. The number of ether oxygens (including phenoxy) is 2. The SMILES string of the molecule is CC(C)(C)OC(N)=O.CCOc1cc(-c2ccc(N3CCCCC3)nc2)c2c(C#N)cnn2c1. The molecule has 3 aromatic rings. The van der Waals surface area contributed by atoms with E-state index in [9.17, 15) is 10.1 Å². The molecule has 0 unspecified atom stereocenters. The Bertz CT molecular complexity index is 1150. The summed E-state index contributed by atoms with van der Waals surface area (Å²) in [5.41, 5.74) is 7.45. The maximum atomic E-state index is 10.0. The summed E-state index contributed by atoms with van der Waals surface area (Å²) in [7, 11) is 0. The van der Waals surface area contributed by atoms with Gasteiger partial charge in [0.2, 0.25) is 0 Å². The highest BCUT2D eigenvalue weighted by Gasteiger charge is 2.16. The number of hydrogen-bond donors (Lipinski definition) is 1. The van der Waals surface area contributed by atoms with Crippen molar-refractivity contribution in [3.8, 4) is 22.9 Å². The van der Waals surface area contributed by atoms with E-state index in [0.29, 0.717) is 12.2 Å². The topological polar surface area (TPSA) is 119 Å². The van der Waals surface area contributed by atoms with E-state index in [-0.39, 0.29) is 0 Å². The van der Waals surface area contributed by atoms with Crippen LogP contribution in [0.25, 0.3) is 16.6 Å². The van der Waals surface area contributed by atoms with Crippen LogP contribution in [0.4, 0.5) is 10.6 Å². The Morgan fingerprint density at radius 1 is 1.21 bits per heavy atom. The van der Waals surface area contributed by atoms with E-state index in [2.05, 4.69) is 37.9 Å². The molecule has 0 radical (unpaired) electrons. The number of aromatic nitrogens is 3. The third kappa shape index (κ3) is 6.38. The molecular weight excluding hydrogens is 432 g/mol. The minimum atomic E-state index is -0.725. The van der Waals surface area contributed by atoms with Gasteiger partial charge >= 0.3 is 6.09 Å². The molecule has 0 bridgehead atoms. The molecule has 0 atom stereocenters. The zero-order chi connectivity index (χ0) is 24.7. The number of nitriles is 1. The van der Waals surface area contributed by atoms with Crippen molar-refractivity contribution in [3.05, 3.63) is 42.4 Å². The molecule has 1 amide bonds. The zero-order valence-electron chi connectivity index (χ0n) is 20.2. The molecule has 9 nitrogen and oxygen atoms in total. The second-order valence-corrected chi connectivity index (χ2v) is 8.97. The lowest BCUT2D eigenvalue weighted by molar-refractivity contribution is 0.0600. The first-order valence-electron chi connectivity index (χ1n) is 11.5. The third-order valence-corrected chi connectivity index (χ3v) is 5.16. The summed E-state index contributed by atoms with van der Waals surface area (Å²) in [5.74, 6) is 1.74.